The summed E-state index contributed by atoms with van der Waals surface area (Å²) in [5, 5.41) is 22.0. The smallest absolute Gasteiger partial charge is 0.0649 e. The maximum Gasteiger partial charge on any atom is 0.0649 e. The molecule has 3 nitrogen and oxygen atoms in total. The van der Waals surface area contributed by atoms with Gasteiger partial charge in [0.25, 0.3) is 0 Å². The van der Waals surface area contributed by atoms with Gasteiger partial charge in [-0.3, -0.25) is 0 Å². The van der Waals surface area contributed by atoms with E-state index in [0.717, 1.165) is 25.7 Å². The summed E-state index contributed by atoms with van der Waals surface area (Å²) in [7, 11) is 1.84. The lowest BCUT2D eigenvalue weighted by molar-refractivity contribution is -0.222. The van der Waals surface area contributed by atoms with Crippen molar-refractivity contribution in [1.82, 2.24) is 0 Å². The minimum absolute atomic E-state index is 0.0249. The van der Waals surface area contributed by atoms with E-state index in [-0.39, 0.29) is 51.3 Å². The van der Waals surface area contributed by atoms with Crippen LogP contribution in [-0.2, 0) is 4.74 Å². The van der Waals surface area contributed by atoms with Gasteiger partial charge in [-0.1, -0.05) is 60.1 Å². The van der Waals surface area contributed by atoms with Crippen LogP contribution in [0.3, 0.4) is 0 Å². The highest BCUT2D eigenvalue weighted by molar-refractivity contribution is 5.34. The molecule has 0 aromatic rings. The Morgan fingerprint density at radius 2 is 1.59 bits per heavy atom. The van der Waals surface area contributed by atoms with E-state index >= 15 is 0 Å². The normalized spacial score (nSPS) is 56.4. The summed E-state index contributed by atoms with van der Waals surface area (Å²) in [6, 6.07) is 0. The fourth-order valence-electron chi connectivity index (χ4n) is 11.1. The number of hydrogen-bond donors (Lipinski definition) is 2. The number of aliphatic hydroxyl groups excluding tert-OH is 2. The van der Waals surface area contributed by atoms with Gasteiger partial charge in [0.1, 0.15) is 0 Å². The van der Waals surface area contributed by atoms with Gasteiger partial charge in [-0.2, -0.15) is 0 Å². The fourth-order valence-corrected chi connectivity index (χ4v) is 11.1. The second-order valence-electron chi connectivity index (χ2n) is 15.4. The third-order valence-electron chi connectivity index (χ3n) is 13.5. The van der Waals surface area contributed by atoms with E-state index in [1.165, 1.54) is 32.1 Å². The molecule has 194 valence electrons. The van der Waals surface area contributed by atoms with Crippen LogP contribution in [0.2, 0.25) is 0 Å². The Morgan fingerprint density at radius 3 is 2.24 bits per heavy atom. The lowest BCUT2D eigenvalue weighted by Gasteiger charge is -2.71. The van der Waals surface area contributed by atoms with Crippen molar-refractivity contribution in [3.8, 4) is 0 Å². The molecule has 0 amide bonds. The third-order valence-corrected chi connectivity index (χ3v) is 13.5. The SMILES string of the molecule is CO[C@H]1CC[C@@]2(C)C(CC[C@]3(C)C2CC=C2C4CC(C)(C)C[C@@H](O)[C@]4(C)CC[C@]23C)[C@@]1(C)CO. The molecule has 0 saturated heterocycles. The summed E-state index contributed by atoms with van der Waals surface area (Å²) in [6.07, 6.45) is 13.0. The van der Waals surface area contributed by atoms with Crippen LogP contribution >= 0.6 is 0 Å². The monoisotopic (exact) mass is 472 g/mol. The number of ether oxygens (including phenoxy) is 1. The van der Waals surface area contributed by atoms with Gasteiger partial charge < -0.3 is 14.9 Å². The number of rotatable bonds is 2. The standard InChI is InChI=1S/C31H52O3/c1-26(2)17-21-20-9-10-23-28(4)13-12-25(34-8)29(5,19-32)22(28)11-14-31(23,7)30(20,6)16-15-27(21,3)24(33)18-26/h9,21-25,32-33H,10-19H2,1-8H3/t21?,22?,23?,24-,25+,27-,28+,29-,30-,31-/m1/s1. The van der Waals surface area contributed by atoms with E-state index in [0.29, 0.717) is 17.8 Å². The first-order valence-corrected chi connectivity index (χ1v) is 14.2. The van der Waals surface area contributed by atoms with Crippen molar-refractivity contribution < 1.29 is 14.9 Å². The minimum Gasteiger partial charge on any atom is -0.396 e. The van der Waals surface area contributed by atoms with Gasteiger partial charge in [-0.25, -0.2) is 0 Å². The van der Waals surface area contributed by atoms with Crippen molar-refractivity contribution in [2.45, 2.75) is 118 Å². The summed E-state index contributed by atoms with van der Waals surface area (Å²) >= 11 is 0. The van der Waals surface area contributed by atoms with Crippen LogP contribution in [0.15, 0.2) is 11.6 Å². The molecular weight excluding hydrogens is 420 g/mol. The van der Waals surface area contributed by atoms with Crippen LogP contribution in [-0.4, -0.2) is 36.1 Å². The van der Waals surface area contributed by atoms with Gasteiger partial charge in [0.15, 0.2) is 0 Å². The molecule has 4 saturated carbocycles. The zero-order chi connectivity index (χ0) is 24.9. The van der Waals surface area contributed by atoms with Gasteiger partial charge >= 0.3 is 0 Å². The van der Waals surface area contributed by atoms with Crippen molar-refractivity contribution in [2.24, 2.45) is 50.2 Å². The van der Waals surface area contributed by atoms with Gasteiger partial charge in [0, 0.05) is 17.9 Å². The van der Waals surface area contributed by atoms with Gasteiger partial charge in [-0.05, 0) is 97.2 Å². The molecule has 5 aliphatic rings. The average molecular weight is 473 g/mol. The molecule has 4 fully saturated rings. The molecule has 5 aliphatic carbocycles. The van der Waals surface area contributed by atoms with E-state index < -0.39 is 0 Å². The number of methoxy groups -OCH3 is 1. The van der Waals surface area contributed by atoms with Crippen molar-refractivity contribution in [2.75, 3.05) is 13.7 Å². The Kier molecular flexibility index (Phi) is 5.63. The molecular formula is C31H52O3. The highest BCUT2D eigenvalue weighted by atomic mass is 16.5. The van der Waals surface area contributed by atoms with E-state index in [9.17, 15) is 10.2 Å². The minimum atomic E-state index is -0.194. The number of fused-ring (bicyclic) bond motifs is 7. The Labute approximate surface area is 209 Å². The molecule has 0 aliphatic heterocycles. The van der Waals surface area contributed by atoms with Gasteiger partial charge in [0.05, 0.1) is 18.8 Å². The summed E-state index contributed by atoms with van der Waals surface area (Å²) in [6.45, 7) is 17.5. The van der Waals surface area contributed by atoms with Crippen molar-refractivity contribution in [1.29, 1.82) is 0 Å². The summed E-state index contributed by atoms with van der Waals surface area (Å²) in [5.74, 6) is 1.65. The lowest BCUT2D eigenvalue weighted by atomic mass is 9.33. The summed E-state index contributed by atoms with van der Waals surface area (Å²) in [5.41, 5.74) is 2.47. The topological polar surface area (TPSA) is 49.7 Å². The second-order valence-corrected chi connectivity index (χ2v) is 15.4. The first kappa shape index (κ1) is 25.3. The lowest BCUT2D eigenvalue weighted by Crippen LogP contribution is -2.66. The van der Waals surface area contributed by atoms with Gasteiger partial charge in [-0.15, -0.1) is 0 Å². The van der Waals surface area contributed by atoms with E-state index in [1.54, 1.807) is 5.57 Å². The van der Waals surface area contributed by atoms with Gasteiger partial charge in [0.2, 0.25) is 0 Å². The van der Waals surface area contributed by atoms with E-state index in [4.69, 9.17) is 4.74 Å². The van der Waals surface area contributed by atoms with Crippen molar-refractivity contribution >= 4 is 0 Å². The molecule has 3 unspecified atom stereocenters. The van der Waals surface area contributed by atoms with Crippen LogP contribution < -0.4 is 0 Å². The average Bonchev–Trinajstić information content (AvgIpc) is 2.75. The predicted molar refractivity (Wildman–Crippen MR) is 138 cm³/mol. The Bertz CT molecular complexity index is 863. The van der Waals surface area contributed by atoms with E-state index in [2.05, 4.69) is 54.5 Å². The maximum atomic E-state index is 11.3. The highest BCUT2D eigenvalue weighted by Gasteiger charge is 2.69. The fraction of sp³-hybridized carbons (Fsp3) is 0.935. The molecule has 0 aromatic carbocycles. The molecule has 5 rings (SSSR count). The molecule has 34 heavy (non-hydrogen) atoms. The number of aliphatic hydroxyl groups is 2. The number of hydrogen-bond acceptors (Lipinski definition) is 3. The third kappa shape index (κ3) is 2.99. The zero-order valence-corrected chi connectivity index (χ0v) is 23.3. The van der Waals surface area contributed by atoms with Crippen LogP contribution in [0.5, 0.6) is 0 Å². The van der Waals surface area contributed by atoms with Crippen LogP contribution in [0.25, 0.3) is 0 Å². The first-order chi connectivity index (χ1) is 15.7. The van der Waals surface area contributed by atoms with Crippen LogP contribution in [0, 0.1) is 50.2 Å². The molecule has 10 atom stereocenters. The molecule has 0 radical (unpaired) electrons. The molecule has 0 spiro atoms. The maximum absolute atomic E-state index is 11.3. The van der Waals surface area contributed by atoms with E-state index in [1.807, 2.05) is 7.11 Å². The molecule has 2 N–H and O–H groups in total. The Hall–Kier alpha value is -0.380. The van der Waals surface area contributed by atoms with Crippen molar-refractivity contribution in [3.63, 3.8) is 0 Å². The molecule has 3 heteroatoms. The first-order valence-electron chi connectivity index (χ1n) is 14.2. The largest absolute Gasteiger partial charge is 0.396 e. The van der Waals surface area contributed by atoms with Crippen LogP contribution in [0.4, 0.5) is 0 Å². The van der Waals surface area contributed by atoms with Crippen molar-refractivity contribution in [3.05, 3.63) is 11.6 Å². The highest BCUT2D eigenvalue weighted by Crippen LogP contribution is 2.75. The summed E-state index contributed by atoms with van der Waals surface area (Å²) < 4.78 is 5.96. The molecule has 0 aromatic heterocycles. The second kappa shape index (κ2) is 7.57. The Balaban J connectivity index is 1.57. The number of allylic oxidation sites excluding steroid dienone is 2. The summed E-state index contributed by atoms with van der Waals surface area (Å²) in [4.78, 5) is 0. The van der Waals surface area contributed by atoms with Crippen LogP contribution in [0.1, 0.15) is 106 Å². The predicted octanol–water partition coefficient (Wildman–Crippen LogP) is 6.77. The zero-order valence-electron chi connectivity index (χ0n) is 23.3. The Morgan fingerprint density at radius 1 is 0.882 bits per heavy atom. The quantitative estimate of drug-likeness (QED) is 0.436. The molecule has 0 heterocycles. The molecule has 0 bridgehead atoms.